The number of hydrogen-bond donors (Lipinski definition) is 0. The van der Waals surface area contributed by atoms with Crippen LogP contribution in [-0.2, 0) is 16.2 Å². The predicted molar refractivity (Wildman–Crippen MR) is 410 cm³/mol. The van der Waals surface area contributed by atoms with Gasteiger partial charge in [-0.2, -0.15) is 9.97 Å². The van der Waals surface area contributed by atoms with E-state index < -0.39 is 16.2 Å². The minimum absolute atomic E-state index is 0.558. The first-order chi connectivity index (χ1) is 50.1. The number of hydrogen-bond acceptors (Lipinski definition) is 5. The fourth-order valence-electron chi connectivity index (χ4n) is 18.4. The maximum Gasteiger partial charge on any atom is 0.238 e. The van der Waals surface area contributed by atoms with Crippen LogP contribution in [0.1, 0.15) is 66.8 Å². The first-order valence-electron chi connectivity index (χ1n) is 34.9. The number of anilines is 6. The third kappa shape index (κ3) is 7.94. The summed E-state index contributed by atoms with van der Waals surface area (Å²) in [6, 6.07) is 137. The molecule has 470 valence electrons. The summed E-state index contributed by atoms with van der Waals surface area (Å²) in [7, 11) is 0. The Morgan fingerprint density at radius 3 is 0.851 bits per heavy atom. The molecule has 15 aromatic carbocycles. The van der Waals surface area contributed by atoms with Crippen molar-refractivity contribution < 1.29 is 0 Å². The molecule has 5 heteroatoms. The van der Waals surface area contributed by atoms with E-state index in [1.54, 1.807) is 0 Å². The van der Waals surface area contributed by atoms with Crippen molar-refractivity contribution in [1.82, 2.24) is 15.0 Å². The Bertz CT molecular complexity index is 5840. The zero-order valence-corrected chi connectivity index (χ0v) is 55.0. The van der Waals surface area contributed by atoms with Crippen molar-refractivity contribution in [2.45, 2.75) is 16.2 Å². The molecule has 0 radical (unpaired) electrons. The van der Waals surface area contributed by atoms with Gasteiger partial charge in [0.15, 0.2) is 11.6 Å². The highest BCUT2D eigenvalue weighted by Crippen LogP contribution is 2.66. The molecule has 1 aromatic heterocycles. The summed E-state index contributed by atoms with van der Waals surface area (Å²) in [6.45, 7) is 0. The number of rotatable bonds is 8. The molecule has 16 aromatic rings. The second-order valence-electron chi connectivity index (χ2n) is 27.2. The maximum atomic E-state index is 5.36. The molecule has 21 rings (SSSR count). The van der Waals surface area contributed by atoms with Gasteiger partial charge < -0.3 is 4.90 Å². The van der Waals surface area contributed by atoms with Gasteiger partial charge in [-0.25, -0.2) is 4.98 Å². The van der Waals surface area contributed by atoms with E-state index in [9.17, 15) is 0 Å². The maximum absolute atomic E-state index is 5.36. The van der Waals surface area contributed by atoms with Crippen molar-refractivity contribution in [2.75, 3.05) is 9.80 Å². The number of nitrogens with zero attached hydrogens (tertiary/aromatic N) is 5. The molecular weight excluding hydrogens is 1220 g/mol. The predicted octanol–water partition coefficient (Wildman–Crippen LogP) is 23.2. The normalized spacial score (nSPS) is 14.3. The van der Waals surface area contributed by atoms with E-state index in [1.807, 2.05) is 36.4 Å². The molecule has 2 aliphatic heterocycles. The van der Waals surface area contributed by atoms with Crippen LogP contribution in [0.25, 0.3) is 78.4 Å². The smallest absolute Gasteiger partial charge is 0.238 e. The summed E-state index contributed by atoms with van der Waals surface area (Å²) in [5, 5.41) is 0. The quantitative estimate of drug-likeness (QED) is 0.152. The average Bonchev–Trinajstić information content (AvgIpc) is 1.60. The van der Waals surface area contributed by atoms with Gasteiger partial charge in [0.05, 0.1) is 39.0 Å². The summed E-state index contributed by atoms with van der Waals surface area (Å²) in [5.41, 5.74) is 32.7. The molecule has 3 aliphatic carbocycles. The highest BCUT2D eigenvalue weighted by molar-refractivity contribution is 5.99. The van der Waals surface area contributed by atoms with E-state index in [0.29, 0.717) is 17.6 Å². The standard InChI is InChI=1S/C96H61N5/c1-4-26-64(27-5-1)91-97-92(65-28-6-2-7-29-65)99-93(98-91)101-89-46-24-20-42-83(89)96(84-43-21-25-47-90(84)101)80-39-17-13-35-74(80)76-59-53-67(61-86(76)96)63-50-56-69(57-51-63)94(77-36-14-10-32-71(77)72-33-11-15-37-78(72)94)68-54-48-62(49-55-68)66-52-58-75-73-34-12-16-38-79(73)95(85(75)60-66)81-40-18-22-44-87(81)100(70-30-8-3-9-31-70)88-45-23-19-41-82(88)95/h1-61H. The lowest BCUT2D eigenvalue weighted by molar-refractivity contribution is 0.749. The van der Waals surface area contributed by atoms with E-state index >= 15 is 0 Å². The fraction of sp³-hybridized carbons (Fsp3) is 0.0312. The Labute approximate surface area is 587 Å². The summed E-state index contributed by atoms with van der Waals surface area (Å²) >= 11 is 0. The fourth-order valence-corrected chi connectivity index (χ4v) is 18.4. The summed E-state index contributed by atoms with van der Waals surface area (Å²) in [5.74, 6) is 1.79. The summed E-state index contributed by atoms with van der Waals surface area (Å²) in [6.07, 6.45) is 0. The zero-order valence-electron chi connectivity index (χ0n) is 55.0. The average molecular weight is 1280 g/mol. The van der Waals surface area contributed by atoms with Gasteiger partial charge in [-0.1, -0.05) is 322 Å². The summed E-state index contributed by atoms with van der Waals surface area (Å²) in [4.78, 5) is 20.6. The lowest BCUT2D eigenvalue weighted by Crippen LogP contribution is -2.36. The van der Waals surface area contributed by atoms with Gasteiger partial charge in [-0.15, -0.1) is 0 Å². The zero-order chi connectivity index (χ0) is 66.4. The largest absolute Gasteiger partial charge is 0.310 e. The third-order valence-corrected chi connectivity index (χ3v) is 22.4. The molecule has 0 bridgehead atoms. The molecule has 5 nitrogen and oxygen atoms in total. The minimum Gasteiger partial charge on any atom is -0.310 e. The van der Waals surface area contributed by atoms with Crippen molar-refractivity contribution in [1.29, 1.82) is 0 Å². The topological polar surface area (TPSA) is 45.2 Å². The van der Waals surface area contributed by atoms with Gasteiger partial charge in [0, 0.05) is 16.8 Å². The van der Waals surface area contributed by atoms with E-state index in [-0.39, 0.29) is 0 Å². The van der Waals surface area contributed by atoms with Gasteiger partial charge in [0.25, 0.3) is 0 Å². The van der Waals surface area contributed by atoms with E-state index in [2.05, 4.69) is 343 Å². The van der Waals surface area contributed by atoms with E-state index in [1.165, 1.54) is 112 Å². The molecule has 0 amide bonds. The van der Waals surface area contributed by atoms with Crippen LogP contribution in [0.4, 0.5) is 34.4 Å². The van der Waals surface area contributed by atoms with E-state index in [0.717, 1.165) is 50.4 Å². The lowest BCUT2D eigenvalue weighted by Gasteiger charge is -2.45. The second kappa shape index (κ2) is 22.0. The van der Waals surface area contributed by atoms with Gasteiger partial charge >= 0.3 is 0 Å². The van der Waals surface area contributed by atoms with Crippen LogP contribution in [0, 0.1) is 0 Å². The number of benzene rings is 15. The molecule has 5 aliphatic rings. The van der Waals surface area contributed by atoms with Crippen LogP contribution in [0.5, 0.6) is 0 Å². The molecule has 0 saturated heterocycles. The first-order valence-corrected chi connectivity index (χ1v) is 34.9. The first kappa shape index (κ1) is 57.0. The number of para-hydroxylation sites is 5. The molecule has 0 N–H and O–H groups in total. The highest BCUT2D eigenvalue weighted by atomic mass is 15.3. The van der Waals surface area contributed by atoms with Crippen LogP contribution in [0.15, 0.2) is 370 Å². The van der Waals surface area contributed by atoms with Gasteiger partial charge in [-0.05, 0) is 171 Å². The Kier molecular flexibility index (Phi) is 12.4. The molecule has 0 unspecified atom stereocenters. The van der Waals surface area contributed by atoms with Crippen LogP contribution in [-0.4, -0.2) is 15.0 Å². The molecule has 0 saturated carbocycles. The van der Waals surface area contributed by atoms with Crippen molar-refractivity contribution in [3.63, 3.8) is 0 Å². The monoisotopic (exact) mass is 1280 g/mol. The van der Waals surface area contributed by atoms with E-state index in [4.69, 9.17) is 15.0 Å². The van der Waals surface area contributed by atoms with Crippen molar-refractivity contribution >= 4 is 34.4 Å². The van der Waals surface area contributed by atoms with Gasteiger partial charge in [0.1, 0.15) is 0 Å². The van der Waals surface area contributed by atoms with Crippen LogP contribution in [0.3, 0.4) is 0 Å². The van der Waals surface area contributed by atoms with Crippen LogP contribution in [0.2, 0.25) is 0 Å². The molecule has 3 heterocycles. The van der Waals surface area contributed by atoms with Crippen molar-refractivity contribution in [2.24, 2.45) is 0 Å². The van der Waals surface area contributed by atoms with Crippen LogP contribution >= 0.6 is 0 Å². The second-order valence-corrected chi connectivity index (χ2v) is 27.2. The van der Waals surface area contributed by atoms with Crippen molar-refractivity contribution in [3.05, 3.63) is 437 Å². The van der Waals surface area contributed by atoms with Crippen LogP contribution < -0.4 is 9.80 Å². The van der Waals surface area contributed by atoms with Crippen molar-refractivity contribution in [3.8, 4) is 78.4 Å². The molecule has 0 atom stereocenters. The summed E-state index contributed by atoms with van der Waals surface area (Å²) < 4.78 is 0. The Hall–Kier alpha value is -13.1. The number of fused-ring (bicyclic) bond motifs is 21. The molecule has 0 fully saturated rings. The SMILES string of the molecule is c1ccc(-c2nc(-c3ccccc3)nc(N3c4ccccc4C4(c5ccccc5-c5ccc(-c6ccc(C7(c8ccc(-c9ccc%10c(c9)C9(c%11ccccc%11-%10)c%10ccccc%10N(c%10ccccc%10)c%10ccccc%109)cc8)c8ccccc8-c8ccccc87)cc6)cc54)c4ccccc43)n2)cc1. The lowest BCUT2D eigenvalue weighted by atomic mass is 9.64. The Balaban J connectivity index is 0.692. The Morgan fingerprint density at radius 1 is 0.188 bits per heavy atom. The molecule has 2 spiro atoms. The van der Waals surface area contributed by atoms with Gasteiger partial charge in [0.2, 0.25) is 5.95 Å². The third-order valence-electron chi connectivity index (χ3n) is 22.4. The Morgan fingerprint density at radius 2 is 0.475 bits per heavy atom. The number of aromatic nitrogens is 3. The molecule has 101 heavy (non-hydrogen) atoms. The van der Waals surface area contributed by atoms with Gasteiger partial charge in [-0.3, -0.25) is 4.90 Å². The molecular formula is C96H61N5. The highest BCUT2D eigenvalue weighted by Gasteiger charge is 2.54. The minimum atomic E-state index is -0.694.